The summed E-state index contributed by atoms with van der Waals surface area (Å²) in [6.45, 7) is 0. The Hall–Kier alpha value is -3.13. The molecule has 0 aliphatic carbocycles. The van der Waals surface area contributed by atoms with Crippen molar-refractivity contribution in [1.29, 1.82) is 5.26 Å². The van der Waals surface area contributed by atoms with E-state index in [1.54, 1.807) is 18.3 Å². The number of halogens is 1. The van der Waals surface area contributed by atoms with Crippen LogP contribution in [-0.4, -0.2) is 4.98 Å². The average Bonchev–Trinajstić information content (AvgIpc) is 2.52. The molecule has 1 heterocycles. The standard InChI is InChI=1S/C16H11FN4/c17-13-4-3-11(8-10(13)9-18)21-15-6-5-14(19)16-12(15)2-1-7-20-16/h1-8,21H,19H2. The molecule has 0 amide bonds. The van der Waals surface area contributed by atoms with Gasteiger partial charge in [-0.25, -0.2) is 4.39 Å². The SMILES string of the molecule is N#Cc1cc(Nc2ccc(N)c3ncccc23)ccc1F. The molecule has 0 atom stereocenters. The highest BCUT2D eigenvalue weighted by atomic mass is 19.1. The average molecular weight is 278 g/mol. The molecule has 0 bridgehead atoms. The van der Waals surface area contributed by atoms with Gasteiger partial charge in [0, 0.05) is 23.0 Å². The van der Waals surface area contributed by atoms with Gasteiger partial charge in [-0.05, 0) is 42.5 Å². The molecule has 0 saturated heterocycles. The minimum atomic E-state index is -0.535. The quantitative estimate of drug-likeness (QED) is 0.703. The first kappa shape index (κ1) is 12.9. The van der Waals surface area contributed by atoms with E-state index in [4.69, 9.17) is 11.0 Å². The number of hydrogen-bond donors (Lipinski definition) is 2. The molecule has 0 saturated carbocycles. The predicted molar refractivity (Wildman–Crippen MR) is 80.6 cm³/mol. The van der Waals surface area contributed by atoms with Crippen LogP contribution in [0.3, 0.4) is 0 Å². The molecule has 0 aliphatic heterocycles. The van der Waals surface area contributed by atoms with Gasteiger partial charge in [0.15, 0.2) is 0 Å². The van der Waals surface area contributed by atoms with Gasteiger partial charge >= 0.3 is 0 Å². The fourth-order valence-electron chi connectivity index (χ4n) is 2.15. The summed E-state index contributed by atoms with van der Waals surface area (Å²) in [7, 11) is 0. The molecule has 21 heavy (non-hydrogen) atoms. The smallest absolute Gasteiger partial charge is 0.141 e. The molecule has 0 spiro atoms. The van der Waals surface area contributed by atoms with Crippen molar-refractivity contribution in [2.75, 3.05) is 11.1 Å². The Labute approximate surface area is 120 Å². The maximum atomic E-state index is 13.3. The van der Waals surface area contributed by atoms with E-state index in [1.807, 2.05) is 24.3 Å². The number of hydrogen-bond acceptors (Lipinski definition) is 4. The van der Waals surface area contributed by atoms with Crippen LogP contribution in [0.4, 0.5) is 21.5 Å². The summed E-state index contributed by atoms with van der Waals surface area (Å²) in [5.41, 5.74) is 8.61. The number of rotatable bonds is 2. The van der Waals surface area contributed by atoms with Crippen LogP contribution in [0.25, 0.3) is 10.9 Å². The number of fused-ring (bicyclic) bond motifs is 1. The maximum absolute atomic E-state index is 13.3. The molecule has 0 unspecified atom stereocenters. The molecule has 0 aliphatic rings. The van der Waals surface area contributed by atoms with Crippen LogP contribution >= 0.6 is 0 Å². The van der Waals surface area contributed by atoms with Gasteiger partial charge in [-0.15, -0.1) is 0 Å². The lowest BCUT2D eigenvalue weighted by molar-refractivity contribution is 0.624. The van der Waals surface area contributed by atoms with Crippen LogP contribution in [0, 0.1) is 17.1 Å². The van der Waals surface area contributed by atoms with Crippen LogP contribution in [-0.2, 0) is 0 Å². The third-order valence-electron chi connectivity index (χ3n) is 3.17. The van der Waals surface area contributed by atoms with Gasteiger partial charge in [-0.3, -0.25) is 4.98 Å². The Kier molecular flexibility index (Phi) is 3.13. The van der Waals surface area contributed by atoms with Gasteiger partial charge in [0.2, 0.25) is 0 Å². The lowest BCUT2D eigenvalue weighted by atomic mass is 10.1. The van der Waals surface area contributed by atoms with Gasteiger partial charge in [-0.2, -0.15) is 5.26 Å². The highest BCUT2D eigenvalue weighted by Gasteiger charge is 2.07. The largest absolute Gasteiger partial charge is 0.397 e. The number of aromatic nitrogens is 1. The van der Waals surface area contributed by atoms with Crippen LogP contribution in [0.2, 0.25) is 0 Å². The lowest BCUT2D eigenvalue weighted by Crippen LogP contribution is -1.96. The molecule has 3 rings (SSSR count). The number of nitrogens with two attached hydrogens (primary N) is 1. The van der Waals surface area contributed by atoms with E-state index < -0.39 is 5.82 Å². The van der Waals surface area contributed by atoms with E-state index in [-0.39, 0.29) is 5.56 Å². The van der Waals surface area contributed by atoms with E-state index in [2.05, 4.69) is 10.3 Å². The summed E-state index contributed by atoms with van der Waals surface area (Å²) in [5.74, 6) is -0.535. The Balaban J connectivity index is 2.07. The number of nitrogens with one attached hydrogen (secondary N) is 1. The fourth-order valence-corrected chi connectivity index (χ4v) is 2.15. The molecular formula is C16H11FN4. The van der Waals surface area contributed by atoms with Gasteiger partial charge in [0.05, 0.1) is 16.8 Å². The normalized spacial score (nSPS) is 10.3. The highest BCUT2D eigenvalue weighted by Crippen LogP contribution is 2.29. The summed E-state index contributed by atoms with van der Waals surface area (Å²) < 4.78 is 13.3. The van der Waals surface area contributed by atoms with Crippen molar-refractivity contribution in [2.45, 2.75) is 0 Å². The number of nitriles is 1. The molecule has 3 N–H and O–H groups in total. The van der Waals surface area contributed by atoms with Crippen molar-refractivity contribution in [3.8, 4) is 6.07 Å². The number of pyridine rings is 1. The lowest BCUT2D eigenvalue weighted by Gasteiger charge is -2.11. The molecule has 0 fully saturated rings. The summed E-state index contributed by atoms with van der Waals surface area (Å²) in [6.07, 6.45) is 1.67. The molecule has 4 nitrogen and oxygen atoms in total. The summed E-state index contributed by atoms with van der Waals surface area (Å²) >= 11 is 0. The zero-order valence-electron chi connectivity index (χ0n) is 11.0. The third kappa shape index (κ3) is 2.35. The van der Waals surface area contributed by atoms with Crippen molar-refractivity contribution in [1.82, 2.24) is 4.98 Å². The van der Waals surface area contributed by atoms with Crippen LogP contribution in [0.15, 0.2) is 48.7 Å². The zero-order chi connectivity index (χ0) is 14.8. The Bertz CT molecular complexity index is 868. The van der Waals surface area contributed by atoms with E-state index in [1.165, 1.54) is 12.1 Å². The fraction of sp³-hybridized carbons (Fsp3) is 0. The minimum absolute atomic E-state index is 0.00197. The number of benzene rings is 2. The topological polar surface area (TPSA) is 74.7 Å². The third-order valence-corrected chi connectivity index (χ3v) is 3.17. The van der Waals surface area contributed by atoms with Crippen molar-refractivity contribution < 1.29 is 4.39 Å². The van der Waals surface area contributed by atoms with Crippen LogP contribution in [0.5, 0.6) is 0 Å². The molecule has 3 aromatic rings. The van der Waals surface area contributed by atoms with Crippen molar-refractivity contribution >= 4 is 28.0 Å². The summed E-state index contributed by atoms with van der Waals surface area (Å²) in [4.78, 5) is 4.25. The van der Waals surface area contributed by atoms with Crippen molar-refractivity contribution in [2.24, 2.45) is 0 Å². The van der Waals surface area contributed by atoms with Crippen molar-refractivity contribution in [3.63, 3.8) is 0 Å². The summed E-state index contributed by atoms with van der Waals surface area (Å²) in [6, 6.07) is 13.4. The van der Waals surface area contributed by atoms with Crippen molar-refractivity contribution in [3.05, 3.63) is 60.0 Å². The number of nitrogens with zero attached hydrogens (tertiary/aromatic N) is 2. The van der Waals surface area contributed by atoms with Gasteiger partial charge in [0.1, 0.15) is 11.9 Å². The Morgan fingerprint density at radius 1 is 1.19 bits per heavy atom. The number of nitrogen functional groups attached to an aromatic ring is 1. The second kappa shape index (κ2) is 5.10. The minimum Gasteiger partial charge on any atom is -0.397 e. The second-order valence-corrected chi connectivity index (χ2v) is 4.53. The molecule has 102 valence electrons. The monoisotopic (exact) mass is 278 g/mol. The molecule has 5 heteroatoms. The van der Waals surface area contributed by atoms with E-state index in [0.717, 1.165) is 11.1 Å². The molecule has 2 aromatic carbocycles. The van der Waals surface area contributed by atoms with E-state index in [0.29, 0.717) is 16.9 Å². The maximum Gasteiger partial charge on any atom is 0.141 e. The van der Waals surface area contributed by atoms with Crippen LogP contribution < -0.4 is 11.1 Å². The van der Waals surface area contributed by atoms with Crippen LogP contribution in [0.1, 0.15) is 5.56 Å². The van der Waals surface area contributed by atoms with E-state index >= 15 is 0 Å². The molecule has 1 aromatic heterocycles. The second-order valence-electron chi connectivity index (χ2n) is 4.53. The van der Waals surface area contributed by atoms with Gasteiger partial charge < -0.3 is 11.1 Å². The first-order valence-corrected chi connectivity index (χ1v) is 6.29. The zero-order valence-corrected chi connectivity index (χ0v) is 11.0. The van der Waals surface area contributed by atoms with Gasteiger partial charge in [-0.1, -0.05) is 0 Å². The Morgan fingerprint density at radius 2 is 2.05 bits per heavy atom. The number of anilines is 3. The molecular weight excluding hydrogens is 267 g/mol. The molecule has 0 radical (unpaired) electrons. The first-order chi connectivity index (χ1) is 10.2. The highest BCUT2D eigenvalue weighted by molar-refractivity contribution is 5.99. The van der Waals surface area contributed by atoms with E-state index in [9.17, 15) is 4.39 Å². The van der Waals surface area contributed by atoms with Gasteiger partial charge in [0.25, 0.3) is 0 Å². The first-order valence-electron chi connectivity index (χ1n) is 6.29. The predicted octanol–water partition coefficient (Wildman–Crippen LogP) is 3.57. The summed E-state index contributed by atoms with van der Waals surface area (Å²) in [5, 5.41) is 12.9. The Morgan fingerprint density at radius 3 is 2.86 bits per heavy atom.